The topological polar surface area (TPSA) is 32.7 Å². The number of hydrogen-bond acceptors (Lipinski definition) is 3. The number of hydrogen-bond donors (Lipinski definition) is 0. The van der Waals surface area contributed by atoms with Crippen LogP contribution in [-0.2, 0) is 4.79 Å². The van der Waals surface area contributed by atoms with Crippen molar-refractivity contribution in [2.45, 2.75) is 32.2 Å². The van der Waals surface area contributed by atoms with E-state index >= 15 is 0 Å². The molecule has 1 atom stereocenters. The van der Waals surface area contributed by atoms with Gasteiger partial charge in [0, 0.05) is 6.54 Å². The van der Waals surface area contributed by atoms with Gasteiger partial charge in [0.25, 0.3) is 0 Å². The van der Waals surface area contributed by atoms with Crippen molar-refractivity contribution in [3.05, 3.63) is 0 Å². The van der Waals surface area contributed by atoms with Crippen LogP contribution in [0, 0.1) is 0 Å². The molecule has 0 aromatic rings. The molecule has 1 heterocycles. The maximum Gasteiger partial charge on any atom is 0.235 e. The fourth-order valence-corrected chi connectivity index (χ4v) is 1.65. The van der Waals surface area contributed by atoms with E-state index in [4.69, 9.17) is 0 Å². The van der Waals surface area contributed by atoms with Crippen molar-refractivity contribution in [2.24, 2.45) is 4.99 Å². The molecule has 12 heavy (non-hydrogen) atoms. The van der Waals surface area contributed by atoms with Crippen LogP contribution in [-0.4, -0.2) is 36.7 Å². The summed E-state index contributed by atoms with van der Waals surface area (Å²) in [7, 11) is 0. The zero-order valence-corrected chi connectivity index (χ0v) is 7.62. The molecule has 0 aromatic carbocycles. The Balaban J connectivity index is 2.24. The number of nitrogens with zero attached hydrogens (tertiary/aromatic N) is 2. The third kappa shape index (κ3) is 3.16. The first-order valence-corrected chi connectivity index (χ1v) is 4.62. The van der Waals surface area contributed by atoms with Crippen LogP contribution in [0.4, 0.5) is 0 Å². The lowest BCUT2D eigenvalue weighted by atomic mass is 10.1. The molecule has 0 amide bonds. The van der Waals surface area contributed by atoms with Crippen LogP contribution in [0.25, 0.3) is 0 Å². The molecule has 1 unspecified atom stereocenters. The van der Waals surface area contributed by atoms with Gasteiger partial charge in [-0.3, -0.25) is 0 Å². The Morgan fingerprint density at radius 1 is 1.42 bits per heavy atom. The molecule has 0 radical (unpaired) electrons. The smallest absolute Gasteiger partial charge is 0.235 e. The number of rotatable bonds is 3. The minimum Gasteiger partial charge on any atom is -0.301 e. The molecule has 0 aromatic heterocycles. The van der Waals surface area contributed by atoms with Gasteiger partial charge in [-0.15, -0.1) is 0 Å². The number of isocyanates is 1. The second kappa shape index (κ2) is 5.07. The molecular formula is C9H16N2O. The van der Waals surface area contributed by atoms with E-state index in [0.717, 1.165) is 6.54 Å². The predicted molar refractivity (Wildman–Crippen MR) is 47.9 cm³/mol. The van der Waals surface area contributed by atoms with Gasteiger partial charge in [0.05, 0.1) is 6.04 Å². The van der Waals surface area contributed by atoms with Crippen molar-refractivity contribution in [1.29, 1.82) is 0 Å². The minimum absolute atomic E-state index is 0.112. The Morgan fingerprint density at radius 3 is 2.67 bits per heavy atom. The first kappa shape index (κ1) is 9.43. The van der Waals surface area contributed by atoms with E-state index in [-0.39, 0.29) is 6.04 Å². The van der Waals surface area contributed by atoms with Crippen molar-refractivity contribution in [2.75, 3.05) is 19.6 Å². The van der Waals surface area contributed by atoms with E-state index < -0.39 is 0 Å². The lowest BCUT2D eigenvalue weighted by Crippen LogP contribution is -2.34. The predicted octanol–water partition coefficient (Wildman–Crippen LogP) is 1.20. The van der Waals surface area contributed by atoms with Gasteiger partial charge < -0.3 is 4.90 Å². The Hall–Kier alpha value is -0.660. The highest BCUT2D eigenvalue weighted by Crippen LogP contribution is 2.09. The lowest BCUT2D eigenvalue weighted by molar-refractivity contribution is 0.220. The Bertz CT molecular complexity index is 169. The summed E-state index contributed by atoms with van der Waals surface area (Å²) in [5.74, 6) is 0. The van der Waals surface area contributed by atoms with Gasteiger partial charge in [-0.2, -0.15) is 0 Å². The van der Waals surface area contributed by atoms with Crippen molar-refractivity contribution >= 4 is 6.08 Å². The average molecular weight is 168 g/mol. The average Bonchev–Trinajstić information content (AvgIpc) is 2.06. The number of piperidine rings is 1. The van der Waals surface area contributed by atoms with Gasteiger partial charge in [-0.1, -0.05) is 6.42 Å². The van der Waals surface area contributed by atoms with E-state index in [1.807, 2.05) is 6.92 Å². The van der Waals surface area contributed by atoms with Crippen LogP contribution >= 0.6 is 0 Å². The van der Waals surface area contributed by atoms with Crippen LogP contribution in [0.3, 0.4) is 0 Å². The second-order valence-electron chi connectivity index (χ2n) is 3.43. The maximum atomic E-state index is 9.95. The summed E-state index contributed by atoms with van der Waals surface area (Å²) in [5.41, 5.74) is 0. The third-order valence-electron chi connectivity index (χ3n) is 2.24. The van der Waals surface area contributed by atoms with Gasteiger partial charge in [-0.05, 0) is 32.9 Å². The number of carbonyl (C=O) groups excluding carboxylic acids is 1. The van der Waals surface area contributed by atoms with Gasteiger partial charge in [0.2, 0.25) is 6.08 Å². The van der Waals surface area contributed by atoms with Gasteiger partial charge in [-0.25, -0.2) is 9.79 Å². The zero-order valence-electron chi connectivity index (χ0n) is 7.62. The van der Waals surface area contributed by atoms with Gasteiger partial charge in [0.15, 0.2) is 0 Å². The van der Waals surface area contributed by atoms with Gasteiger partial charge >= 0.3 is 0 Å². The normalized spacial score (nSPS) is 21.4. The molecule has 0 N–H and O–H groups in total. The zero-order chi connectivity index (χ0) is 8.81. The largest absolute Gasteiger partial charge is 0.301 e. The summed E-state index contributed by atoms with van der Waals surface area (Å²) in [6.45, 7) is 5.20. The molecule has 0 aliphatic carbocycles. The van der Waals surface area contributed by atoms with Crippen molar-refractivity contribution in [3.63, 3.8) is 0 Å². The first-order valence-electron chi connectivity index (χ1n) is 4.62. The molecule has 1 aliphatic rings. The molecule has 1 rings (SSSR count). The van der Waals surface area contributed by atoms with Crippen molar-refractivity contribution in [3.8, 4) is 0 Å². The summed E-state index contributed by atoms with van der Waals surface area (Å²) in [6.07, 6.45) is 5.53. The highest BCUT2D eigenvalue weighted by Gasteiger charge is 2.12. The van der Waals surface area contributed by atoms with Crippen LogP contribution in [0.2, 0.25) is 0 Å². The van der Waals surface area contributed by atoms with E-state index in [1.54, 1.807) is 6.08 Å². The highest BCUT2D eigenvalue weighted by molar-refractivity contribution is 5.33. The van der Waals surface area contributed by atoms with Crippen LogP contribution in [0.15, 0.2) is 4.99 Å². The maximum absolute atomic E-state index is 9.95. The van der Waals surface area contributed by atoms with Crippen LogP contribution < -0.4 is 0 Å². The Morgan fingerprint density at radius 2 is 2.08 bits per heavy atom. The molecule has 0 bridgehead atoms. The first-order chi connectivity index (χ1) is 5.83. The summed E-state index contributed by atoms with van der Waals surface area (Å²) in [5, 5.41) is 0. The molecule has 3 heteroatoms. The quantitative estimate of drug-likeness (QED) is 0.468. The van der Waals surface area contributed by atoms with E-state index in [9.17, 15) is 4.79 Å². The minimum atomic E-state index is 0.112. The fraction of sp³-hybridized carbons (Fsp3) is 0.889. The summed E-state index contributed by atoms with van der Waals surface area (Å²) in [6, 6.07) is 0.112. The van der Waals surface area contributed by atoms with Crippen LogP contribution in [0.1, 0.15) is 26.2 Å². The van der Waals surface area contributed by atoms with E-state index in [1.165, 1.54) is 32.4 Å². The summed E-state index contributed by atoms with van der Waals surface area (Å²) >= 11 is 0. The monoisotopic (exact) mass is 168 g/mol. The third-order valence-corrected chi connectivity index (χ3v) is 2.24. The number of likely N-dealkylation sites (tertiary alicyclic amines) is 1. The molecule has 1 fully saturated rings. The molecule has 3 nitrogen and oxygen atoms in total. The van der Waals surface area contributed by atoms with Crippen LogP contribution in [0.5, 0.6) is 0 Å². The molecule has 0 spiro atoms. The number of aliphatic imine (C=N–C) groups is 1. The summed E-state index contributed by atoms with van der Waals surface area (Å²) in [4.78, 5) is 16.0. The molecule has 1 saturated heterocycles. The highest BCUT2D eigenvalue weighted by atomic mass is 16.1. The lowest BCUT2D eigenvalue weighted by Gasteiger charge is -2.27. The SMILES string of the molecule is CC(CN1CCCCC1)N=C=O. The second-order valence-corrected chi connectivity index (χ2v) is 3.43. The van der Waals surface area contributed by atoms with E-state index in [2.05, 4.69) is 9.89 Å². The van der Waals surface area contributed by atoms with E-state index in [0.29, 0.717) is 0 Å². The van der Waals surface area contributed by atoms with Crippen molar-refractivity contribution in [1.82, 2.24) is 4.90 Å². The van der Waals surface area contributed by atoms with Crippen molar-refractivity contribution < 1.29 is 4.79 Å². The fourth-order valence-electron chi connectivity index (χ4n) is 1.65. The Labute approximate surface area is 73.5 Å². The molecular weight excluding hydrogens is 152 g/mol. The molecule has 0 saturated carbocycles. The van der Waals surface area contributed by atoms with Gasteiger partial charge in [0.1, 0.15) is 0 Å². The summed E-state index contributed by atoms with van der Waals surface area (Å²) < 4.78 is 0. The Kier molecular flexibility index (Phi) is 3.98. The standard InChI is InChI=1S/C9H16N2O/c1-9(10-8-12)7-11-5-3-2-4-6-11/h9H,2-7H2,1H3. The molecule has 68 valence electrons. The molecule has 1 aliphatic heterocycles.